The number of nitrogens with one attached hydrogen (secondary N) is 2. The van der Waals surface area contributed by atoms with Crippen molar-refractivity contribution in [3.05, 3.63) is 112 Å². The Hall–Kier alpha value is -3.96. The minimum atomic E-state index is -1.12. The first-order valence-corrected chi connectivity index (χ1v) is 13.0. The molecule has 0 amide bonds. The molecule has 4 aromatic rings. The monoisotopic (exact) mass is 510 g/mol. The number of ether oxygens (including phenoxy) is 2. The maximum absolute atomic E-state index is 13.2. The van der Waals surface area contributed by atoms with E-state index in [-0.39, 0.29) is 5.97 Å². The van der Waals surface area contributed by atoms with E-state index in [0.29, 0.717) is 22.1 Å². The molecule has 1 unspecified atom stereocenters. The van der Waals surface area contributed by atoms with Crippen molar-refractivity contribution < 1.29 is 14.3 Å². The molecule has 37 heavy (non-hydrogen) atoms. The summed E-state index contributed by atoms with van der Waals surface area (Å²) in [5.41, 5.74) is 5.43. The van der Waals surface area contributed by atoms with Crippen LogP contribution < -0.4 is 15.4 Å². The minimum absolute atomic E-state index is 0.346. The van der Waals surface area contributed by atoms with E-state index in [9.17, 15) is 4.79 Å². The zero-order valence-corrected chi connectivity index (χ0v) is 21.5. The number of hydrogen-bond donors (Lipinski definition) is 2. The largest absolute Gasteiger partial charge is 0.456 e. The average molecular weight is 511 g/mol. The van der Waals surface area contributed by atoms with Crippen LogP contribution in [0.2, 0.25) is 5.02 Å². The lowest BCUT2D eigenvalue weighted by Crippen LogP contribution is -2.33. The van der Waals surface area contributed by atoms with Gasteiger partial charge in [0.15, 0.2) is 5.60 Å². The molecule has 0 saturated heterocycles. The minimum Gasteiger partial charge on any atom is -0.456 e. The summed E-state index contributed by atoms with van der Waals surface area (Å²) in [5, 5.41) is 7.54. The number of rotatable bonds is 6. The average Bonchev–Trinajstić information content (AvgIpc) is 3.20. The van der Waals surface area contributed by atoms with Gasteiger partial charge in [-0.15, -0.1) is 0 Å². The fourth-order valence-electron chi connectivity index (χ4n) is 5.25. The van der Waals surface area contributed by atoms with Gasteiger partial charge in [0.25, 0.3) is 0 Å². The zero-order chi connectivity index (χ0) is 25.6. The highest BCUT2D eigenvalue weighted by Gasteiger charge is 2.54. The van der Waals surface area contributed by atoms with Gasteiger partial charge < -0.3 is 20.1 Å². The molecule has 0 bridgehead atoms. The summed E-state index contributed by atoms with van der Waals surface area (Å²) in [4.78, 5) is 13.2. The van der Waals surface area contributed by atoms with Crippen molar-refractivity contribution >= 4 is 34.6 Å². The third-order valence-electron chi connectivity index (χ3n) is 7.13. The summed E-state index contributed by atoms with van der Waals surface area (Å²) in [6, 6.07) is 25.1. The van der Waals surface area contributed by atoms with Crippen LogP contribution in [0.1, 0.15) is 52.4 Å². The van der Waals surface area contributed by atoms with Crippen molar-refractivity contribution in [2.75, 3.05) is 17.2 Å². The Labute approximate surface area is 221 Å². The number of unbranched alkanes of at least 4 members (excludes halogenated alkanes) is 1. The van der Waals surface area contributed by atoms with Crippen LogP contribution in [0, 0.1) is 6.92 Å². The summed E-state index contributed by atoms with van der Waals surface area (Å²) in [7, 11) is 0. The Balaban J connectivity index is 1.53. The van der Waals surface area contributed by atoms with E-state index >= 15 is 0 Å². The standard InChI is InChI=1S/C31H27ClN2O3/c1-3-4-17-33-26-15-14-23-29(19(26)2)36-28-16-13-20(34-27-12-8-7-11-25(27)32)18-24(28)31(23)22-10-6-5-9-21(22)30(35)37-31/h5-16,18,33-34H,3-4,17H2,1-2H3. The van der Waals surface area contributed by atoms with Gasteiger partial charge in [0.1, 0.15) is 11.5 Å². The molecule has 0 aliphatic carbocycles. The predicted molar refractivity (Wildman–Crippen MR) is 148 cm³/mol. The predicted octanol–water partition coefficient (Wildman–Crippen LogP) is 8.17. The van der Waals surface area contributed by atoms with E-state index in [4.69, 9.17) is 21.1 Å². The summed E-state index contributed by atoms with van der Waals surface area (Å²) in [5.74, 6) is 1.02. The van der Waals surface area contributed by atoms with Crippen molar-refractivity contribution in [2.24, 2.45) is 0 Å². The number of fused-ring (bicyclic) bond motifs is 6. The van der Waals surface area contributed by atoms with Crippen molar-refractivity contribution in [3.8, 4) is 11.5 Å². The molecule has 4 aromatic carbocycles. The first-order valence-electron chi connectivity index (χ1n) is 12.6. The second-order valence-electron chi connectivity index (χ2n) is 9.43. The number of esters is 1. The number of hydrogen-bond acceptors (Lipinski definition) is 5. The zero-order valence-electron chi connectivity index (χ0n) is 20.7. The maximum atomic E-state index is 13.2. The molecule has 0 radical (unpaired) electrons. The second-order valence-corrected chi connectivity index (χ2v) is 9.84. The van der Waals surface area contributed by atoms with E-state index in [1.165, 1.54) is 0 Å². The topological polar surface area (TPSA) is 59.6 Å². The molecule has 6 rings (SSSR count). The highest BCUT2D eigenvalue weighted by atomic mass is 35.5. The molecule has 0 saturated carbocycles. The van der Waals surface area contributed by atoms with Crippen LogP contribution in [0.25, 0.3) is 0 Å². The van der Waals surface area contributed by atoms with Gasteiger partial charge in [-0.05, 0) is 61.9 Å². The van der Waals surface area contributed by atoms with Gasteiger partial charge in [0, 0.05) is 40.2 Å². The van der Waals surface area contributed by atoms with Crippen molar-refractivity contribution in [1.29, 1.82) is 0 Å². The second kappa shape index (κ2) is 9.16. The van der Waals surface area contributed by atoms with Gasteiger partial charge in [0.05, 0.1) is 16.3 Å². The lowest BCUT2D eigenvalue weighted by molar-refractivity contribution is 0.0224. The quantitative estimate of drug-likeness (QED) is 0.202. The van der Waals surface area contributed by atoms with Gasteiger partial charge in [0.2, 0.25) is 0 Å². The van der Waals surface area contributed by atoms with E-state index in [1.807, 2.05) is 79.7 Å². The molecule has 5 nitrogen and oxygen atoms in total. The third-order valence-corrected chi connectivity index (χ3v) is 7.46. The molecule has 0 fully saturated rings. The lowest BCUT2D eigenvalue weighted by Gasteiger charge is -2.37. The Morgan fingerprint density at radius 1 is 0.892 bits per heavy atom. The van der Waals surface area contributed by atoms with Crippen LogP contribution >= 0.6 is 11.6 Å². The highest BCUT2D eigenvalue weighted by molar-refractivity contribution is 6.33. The van der Waals surface area contributed by atoms with Crippen LogP contribution in [-0.2, 0) is 10.3 Å². The molecule has 1 atom stereocenters. The first kappa shape index (κ1) is 23.4. The molecule has 186 valence electrons. The molecule has 2 N–H and O–H groups in total. The van der Waals surface area contributed by atoms with Gasteiger partial charge in [-0.3, -0.25) is 0 Å². The van der Waals surface area contributed by atoms with E-state index in [2.05, 4.69) is 23.6 Å². The Kier molecular flexibility index (Phi) is 5.81. The molecular weight excluding hydrogens is 484 g/mol. The first-order chi connectivity index (χ1) is 18.0. The SMILES string of the molecule is CCCCNc1ccc2c(c1C)Oc1ccc(Nc3ccccc3Cl)cc1C21OC(=O)c2ccccc21. The van der Waals surface area contributed by atoms with Crippen LogP contribution in [0.15, 0.2) is 78.9 Å². The summed E-state index contributed by atoms with van der Waals surface area (Å²) in [6.07, 6.45) is 2.19. The Morgan fingerprint density at radius 3 is 2.54 bits per heavy atom. The third kappa shape index (κ3) is 3.73. The highest BCUT2D eigenvalue weighted by Crippen LogP contribution is 2.57. The molecule has 2 aliphatic heterocycles. The maximum Gasteiger partial charge on any atom is 0.340 e. The molecule has 2 heterocycles. The molecular formula is C31H27ClN2O3. The van der Waals surface area contributed by atoms with Crippen LogP contribution in [0.4, 0.5) is 17.1 Å². The Morgan fingerprint density at radius 2 is 1.70 bits per heavy atom. The van der Waals surface area contributed by atoms with Crippen LogP contribution in [-0.4, -0.2) is 12.5 Å². The van der Waals surface area contributed by atoms with Crippen LogP contribution in [0.3, 0.4) is 0 Å². The van der Waals surface area contributed by atoms with Crippen molar-refractivity contribution in [1.82, 2.24) is 0 Å². The van der Waals surface area contributed by atoms with E-state index < -0.39 is 5.60 Å². The number of carbonyl (C=O) groups excluding carboxylic acids is 1. The number of anilines is 3. The molecule has 2 aliphatic rings. The smallest absolute Gasteiger partial charge is 0.340 e. The normalized spacial score (nSPS) is 16.9. The van der Waals surface area contributed by atoms with E-state index in [1.54, 1.807) is 0 Å². The van der Waals surface area contributed by atoms with Gasteiger partial charge >= 0.3 is 5.97 Å². The summed E-state index contributed by atoms with van der Waals surface area (Å²) in [6.45, 7) is 5.10. The molecule has 6 heteroatoms. The van der Waals surface area contributed by atoms with Crippen molar-refractivity contribution in [2.45, 2.75) is 32.3 Å². The Bertz CT molecular complexity index is 1530. The van der Waals surface area contributed by atoms with Crippen molar-refractivity contribution in [3.63, 3.8) is 0 Å². The number of para-hydroxylation sites is 1. The molecule has 0 aromatic heterocycles. The summed E-state index contributed by atoms with van der Waals surface area (Å²) < 4.78 is 12.9. The number of carbonyl (C=O) groups is 1. The van der Waals surface area contributed by atoms with E-state index in [0.717, 1.165) is 58.7 Å². The molecule has 1 spiro atoms. The van der Waals surface area contributed by atoms with Crippen LogP contribution in [0.5, 0.6) is 11.5 Å². The van der Waals surface area contributed by atoms with Gasteiger partial charge in [-0.2, -0.15) is 0 Å². The fraction of sp³-hybridized carbons (Fsp3) is 0.194. The number of benzene rings is 4. The summed E-state index contributed by atoms with van der Waals surface area (Å²) >= 11 is 6.41. The van der Waals surface area contributed by atoms with Gasteiger partial charge in [-0.1, -0.05) is 55.3 Å². The fourth-order valence-corrected chi connectivity index (χ4v) is 5.44. The van der Waals surface area contributed by atoms with Gasteiger partial charge in [-0.25, -0.2) is 4.79 Å². The number of halogens is 1. The lowest BCUT2D eigenvalue weighted by atomic mass is 9.77.